The van der Waals surface area contributed by atoms with Gasteiger partial charge in [0.15, 0.2) is 15.6 Å². The van der Waals surface area contributed by atoms with E-state index in [0.717, 1.165) is 0 Å². The molecule has 0 fully saturated rings. The average Bonchev–Trinajstić information content (AvgIpc) is 2.02. The zero-order chi connectivity index (χ0) is 10.8. The Labute approximate surface area is 81.1 Å². The Bertz CT molecular complexity index is 452. The Balaban J connectivity index is 3.17. The van der Waals surface area contributed by atoms with Gasteiger partial charge >= 0.3 is 5.97 Å². The van der Waals surface area contributed by atoms with Crippen molar-refractivity contribution in [2.24, 2.45) is 0 Å². The summed E-state index contributed by atoms with van der Waals surface area (Å²) >= 11 is 0. The first-order chi connectivity index (χ1) is 6.43. The van der Waals surface area contributed by atoms with Crippen molar-refractivity contribution < 1.29 is 18.3 Å². The molecule has 0 saturated carbocycles. The summed E-state index contributed by atoms with van der Waals surface area (Å²) in [6.45, 7) is 0. The summed E-state index contributed by atoms with van der Waals surface area (Å²) in [6.07, 6.45) is 0. The molecule has 1 aromatic carbocycles. The number of hydrogen-bond acceptors (Lipinski definition) is 4. The Morgan fingerprint density at radius 3 is 2.43 bits per heavy atom. The Morgan fingerprint density at radius 2 is 1.93 bits per heavy atom. The number of nitrogen functional groups attached to an aromatic ring is 1. The maximum atomic E-state index is 11.4. The largest absolute Gasteiger partial charge is 0.480 e. The van der Waals surface area contributed by atoms with Crippen LogP contribution in [0.4, 0.5) is 5.69 Å². The molecule has 0 heterocycles. The number of anilines is 1. The molecule has 0 aromatic heterocycles. The first-order valence-corrected chi connectivity index (χ1v) is 5.38. The molecule has 5 nitrogen and oxygen atoms in total. The standard InChI is InChI=1S/C8H9NO4S/c9-6-3-1-2-4-7(6)14(12,13)5-8(10)11/h1-4H,5,9H2,(H,10,11). The van der Waals surface area contributed by atoms with Crippen LogP contribution in [0.1, 0.15) is 0 Å². The van der Waals surface area contributed by atoms with Gasteiger partial charge in [-0.05, 0) is 12.1 Å². The van der Waals surface area contributed by atoms with Crippen molar-refractivity contribution in [3.05, 3.63) is 24.3 Å². The molecular formula is C8H9NO4S. The minimum absolute atomic E-state index is 0.0637. The van der Waals surface area contributed by atoms with E-state index in [-0.39, 0.29) is 10.6 Å². The number of carbonyl (C=O) groups is 1. The lowest BCUT2D eigenvalue weighted by molar-refractivity contribution is -0.134. The lowest BCUT2D eigenvalue weighted by Gasteiger charge is -2.03. The van der Waals surface area contributed by atoms with Crippen molar-refractivity contribution in [3.63, 3.8) is 0 Å². The highest BCUT2D eigenvalue weighted by Crippen LogP contribution is 2.18. The van der Waals surface area contributed by atoms with E-state index < -0.39 is 21.6 Å². The van der Waals surface area contributed by atoms with Gasteiger partial charge in [-0.25, -0.2) is 8.42 Å². The number of aliphatic carboxylic acids is 1. The molecule has 0 aliphatic carbocycles. The van der Waals surface area contributed by atoms with Crippen molar-refractivity contribution in [1.82, 2.24) is 0 Å². The molecule has 0 spiro atoms. The summed E-state index contributed by atoms with van der Waals surface area (Å²) in [6, 6.07) is 5.77. The van der Waals surface area contributed by atoms with E-state index in [2.05, 4.69) is 0 Å². The van der Waals surface area contributed by atoms with E-state index in [1.807, 2.05) is 0 Å². The molecule has 0 aliphatic rings. The van der Waals surface area contributed by atoms with Crippen LogP contribution >= 0.6 is 0 Å². The summed E-state index contributed by atoms with van der Waals surface area (Å²) in [5.41, 5.74) is 5.47. The van der Waals surface area contributed by atoms with Crippen LogP contribution in [0.2, 0.25) is 0 Å². The summed E-state index contributed by atoms with van der Waals surface area (Å²) in [5.74, 6) is -2.34. The van der Waals surface area contributed by atoms with Gasteiger partial charge in [0.2, 0.25) is 0 Å². The molecule has 14 heavy (non-hydrogen) atoms. The fourth-order valence-corrected chi connectivity index (χ4v) is 2.20. The molecule has 1 rings (SSSR count). The molecule has 0 saturated heterocycles. The van der Waals surface area contributed by atoms with Crippen LogP contribution in [0.5, 0.6) is 0 Å². The number of hydrogen-bond donors (Lipinski definition) is 2. The molecule has 3 N–H and O–H groups in total. The summed E-state index contributed by atoms with van der Waals surface area (Å²) in [5, 5.41) is 8.38. The minimum atomic E-state index is -3.81. The normalized spacial score (nSPS) is 11.1. The van der Waals surface area contributed by atoms with Gasteiger partial charge < -0.3 is 10.8 Å². The van der Waals surface area contributed by atoms with E-state index >= 15 is 0 Å². The maximum absolute atomic E-state index is 11.4. The average molecular weight is 215 g/mol. The van der Waals surface area contributed by atoms with Crippen LogP contribution in [-0.2, 0) is 14.6 Å². The number of carboxylic acid groups (broad SMARTS) is 1. The van der Waals surface area contributed by atoms with Crippen molar-refractivity contribution in [2.75, 3.05) is 11.5 Å². The highest BCUT2D eigenvalue weighted by molar-refractivity contribution is 7.92. The quantitative estimate of drug-likeness (QED) is 0.698. The van der Waals surface area contributed by atoms with Gasteiger partial charge in [0.25, 0.3) is 0 Å². The molecular weight excluding hydrogens is 206 g/mol. The monoisotopic (exact) mass is 215 g/mol. The molecule has 6 heteroatoms. The smallest absolute Gasteiger partial charge is 0.319 e. The van der Waals surface area contributed by atoms with Gasteiger partial charge in [-0.1, -0.05) is 12.1 Å². The second kappa shape index (κ2) is 3.67. The van der Waals surface area contributed by atoms with Crippen molar-refractivity contribution in [2.45, 2.75) is 4.90 Å². The van der Waals surface area contributed by atoms with Crippen LogP contribution in [0, 0.1) is 0 Å². The van der Waals surface area contributed by atoms with Crippen molar-refractivity contribution in [1.29, 1.82) is 0 Å². The van der Waals surface area contributed by atoms with E-state index in [4.69, 9.17) is 10.8 Å². The maximum Gasteiger partial charge on any atom is 0.319 e. The second-order valence-corrected chi connectivity index (χ2v) is 4.65. The molecule has 0 bridgehead atoms. The molecule has 0 aliphatic heterocycles. The molecule has 0 unspecified atom stereocenters. The van der Waals surface area contributed by atoms with Gasteiger partial charge in [-0.3, -0.25) is 4.79 Å². The third kappa shape index (κ3) is 2.23. The van der Waals surface area contributed by atoms with E-state index in [0.29, 0.717) is 0 Å². The van der Waals surface area contributed by atoms with Crippen LogP contribution in [0.3, 0.4) is 0 Å². The van der Waals surface area contributed by atoms with Crippen LogP contribution < -0.4 is 5.73 Å². The second-order valence-electron chi connectivity index (χ2n) is 2.69. The summed E-state index contributed by atoms with van der Waals surface area (Å²) in [4.78, 5) is 10.1. The van der Waals surface area contributed by atoms with Crippen molar-refractivity contribution >= 4 is 21.5 Å². The Hall–Kier alpha value is -1.56. The van der Waals surface area contributed by atoms with Crippen LogP contribution in [-0.4, -0.2) is 25.2 Å². The third-order valence-electron chi connectivity index (χ3n) is 1.57. The number of para-hydroxylation sites is 1. The van der Waals surface area contributed by atoms with Crippen molar-refractivity contribution in [3.8, 4) is 0 Å². The molecule has 0 radical (unpaired) electrons. The van der Waals surface area contributed by atoms with Gasteiger partial charge in [-0.15, -0.1) is 0 Å². The predicted octanol–water partition coefficient (Wildman–Crippen LogP) is 0.127. The van der Waals surface area contributed by atoms with E-state index in [1.165, 1.54) is 18.2 Å². The van der Waals surface area contributed by atoms with Gasteiger partial charge in [0.05, 0.1) is 10.6 Å². The Morgan fingerprint density at radius 1 is 1.36 bits per heavy atom. The third-order valence-corrected chi connectivity index (χ3v) is 3.24. The molecule has 1 aromatic rings. The summed E-state index contributed by atoms with van der Waals surface area (Å²) in [7, 11) is -3.81. The SMILES string of the molecule is Nc1ccccc1S(=O)(=O)CC(=O)O. The highest BCUT2D eigenvalue weighted by atomic mass is 32.2. The minimum Gasteiger partial charge on any atom is -0.480 e. The first-order valence-electron chi connectivity index (χ1n) is 3.72. The van der Waals surface area contributed by atoms with Gasteiger partial charge in [0, 0.05) is 0 Å². The number of sulfone groups is 1. The zero-order valence-electron chi connectivity index (χ0n) is 7.17. The number of rotatable bonds is 3. The number of nitrogens with two attached hydrogens (primary N) is 1. The Kier molecular flexibility index (Phi) is 2.76. The molecule has 0 amide bonds. The lowest BCUT2D eigenvalue weighted by Crippen LogP contribution is -2.16. The fourth-order valence-electron chi connectivity index (χ4n) is 1.00. The summed E-state index contributed by atoms with van der Waals surface area (Å²) < 4.78 is 22.8. The predicted molar refractivity (Wildman–Crippen MR) is 50.5 cm³/mol. The highest BCUT2D eigenvalue weighted by Gasteiger charge is 2.20. The lowest BCUT2D eigenvalue weighted by atomic mass is 10.3. The molecule has 76 valence electrons. The number of carboxylic acids is 1. The topological polar surface area (TPSA) is 97.5 Å². The first kappa shape index (κ1) is 10.5. The van der Waals surface area contributed by atoms with E-state index in [9.17, 15) is 13.2 Å². The van der Waals surface area contributed by atoms with Gasteiger partial charge in [0.1, 0.15) is 0 Å². The van der Waals surface area contributed by atoms with Crippen LogP contribution in [0.15, 0.2) is 29.2 Å². The van der Waals surface area contributed by atoms with E-state index in [1.54, 1.807) is 6.07 Å². The zero-order valence-corrected chi connectivity index (χ0v) is 7.99. The fraction of sp³-hybridized carbons (Fsp3) is 0.125. The van der Waals surface area contributed by atoms with Gasteiger partial charge in [-0.2, -0.15) is 0 Å². The number of benzene rings is 1. The van der Waals surface area contributed by atoms with Crippen LogP contribution in [0.25, 0.3) is 0 Å². The molecule has 0 atom stereocenters.